The van der Waals surface area contributed by atoms with Crippen LogP contribution in [0.2, 0.25) is 0 Å². The Morgan fingerprint density at radius 1 is 1.06 bits per heavy atom. The second-order valence-corrected chi connectivity index (χ2v) is 9.17. The van der Waals surface area contributed by atoms with E-state index in [1.807, 2.05) is 24.3 Å². The lowest BCUT2D eigenvalue weighted by atomic mass is 9.80. The van der Waals surface area contributed by atoms with Gasteiger partial charge in [-0.25, -0.2) is 0 Å². The van der Waals surface area contributed by atoms with Crippen LogP contribution >= 0.6 is 0 Å². The van der Waals surface area contributed by atoms with Gasteiger partial charge in [0, 0.05) is 23.4 Å². The molecule has 4 heteroatoms. The van der Waals surface area contributed by atoms with Gasteiger partial charge in [0.25, 0.3) is 0 Å². The average molecular weight is 428 g/mol. The summed E-state index contributed by atoms with van der Waals surface area (Å²) < 4.78 is 12.4. The summed E-state index contributed by atoms with van der Waals surface area (Å²) in [6, 6.07) is 18.7. The van der Waals surface area contributed by atoms with Crippen LogP contribution in [0.15, 0.2) is 60.7 Å². The zero-order valence-electron chi connectivity index (χ0n) is 19.0. The molecule has 164 valence electrons. The molecular formula is C28H29NO3. The third kappa shape index (κ3) is 3.35. The molecule has 1 unspecified atom stereocenters. The van der Waals surface area contributed by atoms with Crippen LogP contribution in [-0.4, -0.2) is 24.4 Å². The molecule has 0 saturated carbocycles. The Balaban J connectivity index is 1.79. The normalized spacial score (nSPS) is 17.8. The molecule has 0 aromatic heterocycles. The van der Waals surface area contributed by atoms with Crippen LogP contribution in [0.5, 0.6) is 11.5 Å². The molecule has 1 atom stereocenters. The number of ether oxygens (including phenoxy) is 2. The number of methoxy groups -OCH3 is 1. The molecule has 0 bridgehead atoms. The van der Waals surface area contributed by atoms with E-state index in [4.69, 9.17) is 9.47 Å². The summed E-state index contributed by atoms with van der Waals surface area (Å²) >= 11 is 0. The van der Waals surface area contributed by atoms with Gasteiger partial charge >= 0.3 is 0 Å². The summed E-state index contributed by atoms with van der Waals surface area (Å²) in [7, 11) is 1.70. The number of hydrogen-bond acceptors (Lipinski definition) is 4. The Morgan fingerprint density at radius 3 is 2.66 bits per heavy atom. The van der Waals surface area contributed by atoms with Crippen LogP contribution in [0.3, 0.4) is 0 Å². The lowest BCUT2D eigenvalue weighted by Gasteiger charge is -2.37. The first-order valence-electron chi connectivity index (χ1n) is 11.1. The molecule has 2 aliphatic heterocycles. The smallest absolute Gasteiger partial charge is 0.150 e. The Labute approximate surface area is 189 Å². The molecule has 0 amide bonds. The lowest BCUT2D eigenvalue weighted by Crippen LogP contribution is -2.32. The number of fused-ring (bicyclic) bond motifs is 5. The summed E-state index contributed by atoms with van der Waals surface area (Å²) in [4.78, 5) is 0. The van der Waals surface area contributed by atoms with Crippen molar-refractivity contribution in [2.24, 2.45) is 0 Å². The quantitative estimate of drug-likeness (QED) is 0.537. The molecule has 32 heavy (non-hydrogen) atoms. The van der Waals surface area contributed by atoms with Crippen molar-refractivity contribution in [1.82, 2.24) is 0 Å². The summed E-state index contributed by atoms with van der Waals surface area (Å²) in [5, 5.41) is 13.1. The molecule has 0 radical (unpaired) electrons. The van der Waals surface area contributed by atoms with E-state index in [1.165, 1.54) is 11.1 Å². The minimum Gasteiger partial charge on any atom is -0.496 e. The summed E-state index contributed by atoms with van der Waals surface area (Å²) in [5.41, 5.74) is 8.88. The van der Waals surface area contributed by atoms with Gasteiger partial charge in [-0.3, -0.25) is 0 Å². The van der Waals surface area contributed by atoms with Crippen LogP contribution in [0.1, 0.15) is 49.1 Å². The Bertz CT molecular complexity index is 1230. The molecule has 2 N–H and O–H groups in total. The van der Waals surface area contributed by atoms with E-state index in [0.29, 0.717) is 6.42 Å². The second kappa shape index (κ2) is 7.72. The third-order valence-electron chi connectivity index (χ3n) is 6.31. The van der Waals surface area contributed by atoms with Crippen molar-refractivity contribution in [3.05, 3.63) is 82.9 Å². The lowest BCUT2D eigenvalue weighted by molar-refractivity contribution is 0.241. The summed E-state index contributed by atoms with van der Waals surface area (Å²) in [5.74, 6) is 1.63. The summed E-state index contributed by atoms with van der Waals surface area (Å²) in [6.45, 7) is 6.67. The maximum absolute atomic E-state index is 9.45. The zero-order valence-corrected chi connectivity index (χ0v) is 19.0. The number of nitrogens with one attached hydrogen (secondary N) is 1. The number of allylic oxidation sites excluding steroid dienone is 1. The third-order valence-corrected chi connectivity index (χ3v) is 6.31. The number of aliphatic hydroxyl groups is 1. The van der Waals surface area contributed by atoms with Gasteiger partial charge in [-0.1, -0.05) is 42.5 Å². The monoisotopic (exact) mass is 427 g/mol. The van der Waals surface area contributed by atoms with Crippen molar-refractivity contribution < 1.29 is 14.6 Å². The van der Waals surface area contributed by atoms with Crippen molar-refractivity contribution in [3.63, 3.8) is 0 Å². The Hall–Kier alpha value is -3.24. The van der Waals surface area contributed by atoms with Crippen molar-refractivity contribution in [1.29, 1.82) is 0 Å². The highest BCUT2D eigenvalue weighted by atomic mass is 16.5. The Morgan fingerprint density at radius 2 is 1.88 bits per heavy atom. The van der Waals surface area contributed by atoms with Gasteiger partial charge < -0.3 is 19.9 Å². The number of hydrogen-bond donors (Lipinski definition) is 2. The van der Waals surface area contributed by atoms with E-state index < -0.39 is 0 Å². The molecule has 2 aliphatic rings. The molecule has 5 rings (SSSR count). The minimum atomic E-state index is -0.260. The standard InChI is InChI=1S/C28H29NO3/c1-17-16-28(2,3)29-21-12-11-20-25-22(31-4)9-6-10-23(25)32-27(26(20)24(17)21)19-8-5-7-18(15-19)13-14-30/h5-12,15-16,27,29-30H,13-14H2,1-4H3. The average Bonchev–Trinajstić information content (AvgIpc) is 2.77. The first-order chi connectivity index (χ1) is 15.4. The fraction of sp³-hybridized carbons (Fsp3) is 0.286. The molecule has 0 aliphatic carbocycles. The number of anilines is 1. The molecule has 2 heterocycles. The van der Waals surface area contributed by atoms with Gasteiger partial charge in [0.15, 0.2) is 6.10 Å². The maximum atomic E-state index is 9.45. The SMILES string of the molecule is COc1cccc2c1-c1ccc3c(c1C(c1cccc(CCO)c1)O2)C(C)=CC(C)(C)N3. The van der Waals surface area contributed by atoms with Gasteiger partial charge in [0.1, 0.15) is 11.5 Å². The molecule has 3 aromatic carbocycles. The van der Waals surface area contributed by atoms with Gasteiger partial charge in [0.05, 0.1) is 18.2 Å². The van der Waals surface area contributed by atoms with Gasteiger partial charge in [0.2, 0.25) is 0 Å². The molecule has 0 saturated heterocycles. The van der Waals surface area contributed by atoms with E-state index in [0.717, 1.165) is 45.0 Å². The maximum Gasteiger partial charge on any atom is 0.150 e. The van der Waals surface area contributed by atoms with Crippen molar-refractivity contribution in [3.8, 4) is 22.6 Å². The van der Waals surface area contributed by atoms with Crippen molar-refractivity contribution in [2.75, 3.05) is 19.0 Å². The van der Waals surface area contributed by atoms with Gasteiger partial charge in [-0.05, 0) is 67.7 Å². The predicted octanol–water partition coefficient (Wildman–Crippen LogP) is 5.99. The Kier molecular flexibility index (Phi) is 4.98. The van der Waals surface area contributed by atoms with E-state index in [2.05, 4.69) is 62.5 Å². The van der Waals surface area contributed by atoms with Crippen LogP contribution in [-0.2, 0) is 6.42 Å². The van der Waals surface area contributed by atoms with E-state index in [9.17, 15) is 5.11 Å². The van der Waals surface area contributed by atoms with E-state index >= 15 is 0 Å². The number of aliphatic hydroxyl groups excluding tert-OH is 1. The highest BCUT2D eigenvalue weighted by Gasteiger charge is 2.35. The molecular weight excluding hydrogens is 398 g/mol. The van der Waals surface area contributed by atoms with Gasteiger partial charge in [-0.2, -0.15) is 0 Å². The zero-order chi connectivity index (χ0) is 22.5. The van der Waals surface area contributed by atoms with Crippen LogP contribution in [0, 0.1) is 0 Å². The van der Waals surface area contributed by atoms with Crippen LogP contribution in [0.4, 0.5) is 5.69 Å². The van der Waals surface area contributed by atoms with Crippen molar-refractivity contribution >= 4 is 11.3 Å². The highest BCUT2D eigenvalue weighted by Crippen LogP contribution is 2.53. The molecule has 0 fully saturated rings. The summed E-state index contributed by atoms with van der Waals surface area (Å²) in [6.07, 6.45) is 2.65. The predicted molar refractivity (Wildman–Crippen MR) is 129 cm³/mol. The highest BCUT2D eigenvalue weighted by molar-refractivity contribution is 5.91. The van der Waals surface area contributed by atoms with Gasteiger partial charge in [-0.15, -0.1) is 0 Å². The molecule has 0 spiro atoms. The number of rotatable bonds is 4. The van der Waals surface area contributed by atoms with Crippen molar-refractivity contribution in [2.45, 2.75) is 38.8 Å². The van der Waals surface area contributed by atoms with Crippen LogP contribution in [0.25, 0.3) is 16.7 Å². The molecule has 4 nitrogen and oxygen atoms in total. The fourth-order valence-corrected chi connectivity index (χ4v) is 5.14. The van der Waals surface area contributed by atoms with E-state index in [1.54, 1.807) is 7.11 Å². The largest absolute Gasteiger partial charge is 0.496 e. The number of benzene rings is 3. The van der Waals surface area contributed by atoms with Crippen LogP contribution < -0.4 is 14.8 Å². The molecule has 3 aromatic rings. The first-order valence-corrected chi connectivity index (χ1v) is 11.1. The topological polar surface area (TPSA) is 50.7 Å². The second-order valence-electron chi connectivity index (χ2n) is 9.17. The van der Waals surface area contributed by atoms with E-state index in [-0.39, 0.29) is 18.2 Å². The fourth-order valence-electron chi connectivity index (χ4n) is 5.14. The minimum absolute atomic E-state index is 0.118. The first kappa shape index (κ1) is 20.7.